The van der Waals surface area contributed by atoms with Gasteiger partial charge in [-0.3, -0.25) is 0 Å². The third kappa shape index (κ3) is 2.67. The van der Waals surface area contributed by atoms with Crippen molar-refractivity contribution < 1.29 is 19.0 Å². The zero-order valence-electron chi connectivity index (χ0n) is 11.3. The van der Waals surface area contributed by atoms with Crippen molar-refractivity contribution in [2.75, 3.05) is 6.61 Å². The van der Waals surface area contributed by atoms with E-state index in [9.17, 15) is 9.18 Å². The summed E-state index contributed by atoms with van der Waals surface area (Å²) in [6.45, 7) is 0.645. The maximum Gasteiger partial charge on any atom is 0.328 e. The smallest absolute Gasteiger partial charge is 0.328 e. The number of carboxylic acids is 1. The van der Waals surface area contributed by atoms with E-state index in [0.717, 1.165) is 25.3 Å². The van der Waals surface area contributed by atoms with Crippen molar-refractivity contribution in [2.24, 2.45) is 0 Å². The van der Waals surface area contributed by atoms with Gasteiger partial charge in [0.25, 0.3) is 0 Å². The first kappa shape index (κ1) is 13.8. The summed E-state index contributed by atoms with van der Waals surface area (Å²) in [6.07, 6.45) is 6.33. The van der Waals surface area contributed by atoms with Crippen LogP contribution < -0.4 is 0 Å². The van der Waals surface area contributed by atoms with Gasteiger partial charge in [-0.2, -0.15) is 5.10 Å². The van der Waals surface area contributed by atoms with Gasteiger partial charge >= 0.3 is 5.97 Å². The Morgan fingerprint density at radius 2 is 2.33 bits per heavy atom. The molecule has 0 radical (unpaired) electrons. The van der Waals surface area contributed by atoms with Gasteiger partial charge in [0.15, 0.2) is 12.0 Å². The van der Waals surface area contributed by atoms with Crippen molar-refractivity contribution in [1.82, 2.24) is 9.78 Å². The van der Waals surface area contributed by atoms with Crippen molar-refractivity contribution in [3.63, 3.8) is 0 Å². The molecule has 1 aromatic carbocycles. The number of aliphatic carboxylic acids is 1. The Balaban J connectivity index is 2.06. The normalized spacial score (nSPS) is 19.4. The standard InChI is InChI=1S/C15H15FN2O3/c16-14-10(6-7-13(19)20)4-5-11-9-17-18(15(11)14)12-3-1-2-8-21-12/h4-7,9,12H,1-3,8H2,(H,19,20)/b7-6+. The average Bonchev–Trinajstić information content (AvgIpc) is 2.92. The zero-order chi connectivity index (χ0) is 14.8. The van der Waals surface area contributed by atoms with E-state index < -0.39 is 11.8 Å². The van der Waals surface area contributed by atoms with Crippen LogP contribution in [0.1, 0.15) is 31.1 Å². The van der Waals surface area contributed by atoms with E-state index in [-0.39, 0.29) is 11.8 Å². The second kappa shape index (κ2) is 5.65. The summed E-state index contributed by atoms with van der Waals surface area (Å²) in [5.41, 5.74) is 0.580. The monoisotopic (exact) mass is 290 g/mol. The first-order valence-corrected chi connectivity index (χ1v) is 6.85. The van der Waals surface area contributed by atoms with Crippen molar-refractivity contribution in [3.8, 4) is 0 Å². The number of hydrogen-bond acceptors (Lipinski definition) is 3. The number of rotatable bonds is 3. The van der Waals surface area contributed by atoms with Crippen LogP contribution in [0.3, 0.4) is 0 Å². The molecule has 5 nitrogen and oxygen atoms in total. The average molecular weight is 290 g/mol. The van der Waals surface area contributed by atoms with E-state index in [2.05, 4.69) is 5.10 Å². The minimum Gasteiger partial charge on any atom is -0.478 e. The number of halogens is 1. The summed E-state index contributed by atoms with van der Waals surface area (Å²) in [7, 11) is 0. The van der Waals surface area contributed by atoms with Crippen LogP contribution in [0.25, 0.3) is 17.0 Å². The lowest BCUT2D eigenvalue weighted by Gasteiger charge is -2.23. The fourth-order valence-corrected chi connectivity index (χ4v) is 2.54. The molecule has 0 aliphatic carbocycles. The SMILES string of the molecule is O=C(O)/C=C/c1ccc2cnn(C3CCCCO3)c2c1F. The molecule has 1 N–H and O–H groups in total. The van der Waals surface area contributed by atoms with E-state index in [0.29, 0.717) is 17.5 Å². The summed E-state index contributed by atoms with van der Waals surface area (Å²) < 4.78 is 21.8. The van der Waals surface area contributed by atoms with Gasteiger partial charge in [0.1, 0.15) is 5.52 Å². The summed E-state index contributed by atoms with van der Waals surface area (Å²) in [5.74, 6) is -1.59. The molecule has 1 aliphatic heterocycles. The highest BCUT2D eigenvalue weighted by molar-refractivity contribution is 5.87. The van der Waals surface area contributed by atoms with Crippen LogP contribution in [0.4, 0.5) is 4.39 Å². The molecule has 1 unspecified atom stereocenters. The number of fused-ring (bicyclic) bond motifs is 1. The summed E-state index contributed by atoms with van der Waals surface area (Å²) in [4.78, 5) is 10.6. The Bertz CT molecular complexity index is 702. The number of hydrogen-bond donors (Lipinski definition) is 1. The fraction of sp³-hybridized carbons (Fsp3) is 0.333. The van der Waals surface area contributed by atoms with Gasteiger partial charge < -0.3 is 9.84 Å². The highest BCUT2D eigenvalue weighted by Gasteiger charge is 2.21. The van der Waals surface area contributed by atoms with Gasteiger partial charge in [-0.15, -0.1) is 0 Å². The van der Waals surface area contributed by atoms with E-state index >= 15 is 0 Å². The molecule has 1 atom stereocenters. The molecule has 110 valence electrons. The molecule has 1 fully saturated rings. The number of carbonyl (C=O) groups is 1. The van der Waals surface area contributed by atoms with Crippen molar-refractivity contribution >= 4 is 22.9 Å². The summed E-state index contributed by atoms with van der Waals surface area (Å²) in [6, 6.07) is 3.27. The topological polar surface area (TPSA) is 64.3 Å². The first-order chi connectivity index (χ1) is 10.2. The van der Waals surface area contributed by atoms with Crippen LogP contribution in [0.15, 0.2) is 24.4 Å². The number of benzene rings is 1. The Morgan fingerprint density at radius 1 is 1.48 bits per heavy atom. The van der Waals surface area contributed by atoms with Crippen LogP contribution in [-0.4, -0.2) is 27.5 Å². The Labute approximate surface area is 120 Å². The van der Waals surface area contributed by atoms with Gasteiger partial charge in [-0.25, -0.2) is 13.9 Å². The van der Waals surface area contributed by atoms with Gasteiger partial charge in [0, 0.05) is 23.6 Å². The van der Waals surface area contributed by atoms with Crippen molar-refractivity contribution in [2.45, 2.75) is 25.5 Å². The molecule has 21 heavy (non-hydrogen) atoms. The number of aromatic nitrogens is 2. The van der Waals surface area contributed by atoms with E-state index in [4.69, 9.17) is 9.84 Å². The van der Waals surface area contributed by atoms with Crippen molar-refractivity contribution in [3.05, 3.63) is 35.8 Å². The highest BCUT2D eigenvalue weighted by Crippen LogP contribution is 2.29. The maximum atomic E-state index is 14.6. The lowest BCUT2D eigenvalue weighted by Crippen LogP contribution is -2.19. The van der Waals surface area contributed by atoms with Gasteiger partial charge in [-0.1, -0.05) is 12.1 Å². The van der Waals surface area contributed by atoms with Crippen molar-refractivity contribution in [1.29, 1.82) is 0 Å². The molecule has 1 aromatic heterocycles. The molecular weight excluding hydrogens is 275 g/mol. The molecule has 2 heterocycles. The second-order valence-electron chi connectivity index (χ2n) is 4.99. The van der Waals surface area contributed by atoms with Crippen LogP contribution in [0, 0.1) is 5.82 Å². The highest BCUT2D eigenvalue weighted by atomic mass is 19.1. The Hall–Kier alpha value is -2.21. The third-order valence-electron chi connectivity index (χ3n) is 3.56. The van der Waals surface area contributed by atoms with E-state index in [1.54, 1.807) is 23.0 Å². The molecule has 0 spiro atoms. The van der Waals surface area contributed by atoms with Crippen LogP contribution in [0.2, 0.25) is 0 Å². The molecule has 6 heteroatoms. The van der Waals surface area contributed by atoms with Gasteiger partial charge in [0.05, 0.1) is 6.20 Å². The van der Waals surface area contributed by atoms with Crippen LogP contribution in [0.5, 0.6) is 0 Å². The van der Waals surface area contributed by atoms with E-state index in [1.807, 2.05) is 0 Å². The molecule has 1 saturated heterocycles. The zero-order valence-corrected chi connectivity index (χ0v) is 11.3. The van der Waals surface area contributed by atoms with Crippen LogP contribution in [-0.2, 0) is 9.53 Å². The Kier molecular flexibility index (Phi) is 3.70. The maximum absolute atomic E-state index is 14.6. The molecule has 1 aliphatic rings. The Morgan fingerprint density at radius 3 is 3.05 bits per heavy atom. The molecule has 2 aromatic rings. The molecule has 0 bridgehead atoms. The second-order valence-corrected chi connectivity index (χ2v) is 4.99. The van der Waals surface area contributed by atoms with E-state index in [1.165, 1.54) is 6.08 Å². The van der Waals surface area contributed by atoms with Gasteiger partial charge in [0.2, 0.25) is 0 Å². The quantitative estimate of drug-likeness (QED) is 0.883. The van der Waals surface area contributed by atoms with Crippen LogP contribution >= 0.6 is 0 Å². The third-order valence-corrected chi connectivity index (χ3v) is 3.56. The predicted molar refractivity (Wildman–Crippen MR) is 75.2 cm³/mol. The summed E-state index contributed by atoms with van der Waals surface area (Å²) in [5, 5.41) is 13.6. The number of nitrogens with zero attached hydrogens (tertiary/aromatic N) is 2. The minimum atomic E-state index is -1.11. The minimum absolute atomic E-state index is 0.224. The number of ether oxygens (including phenoxy) is 1. The fourth-order valence-electron chi connectivity index (χ4n) is 2.54. The summed E-state index contributed by atoms with van der Waals surface area (Å²) >= 11 is 0. The lowest BCUT2D eigenvalue weighted by molar-refractivity contribution is -0.131. The lowest BCUT2D eigenvalue weighted by atomic mass is 10.1. The molecule has 0 saturated carbocycles. The molecule has 3 rings (SSSR count). The predicted octanol–water partition coefficient (Wildman–Crippen LogP) is 2.97. The molecular formula is C15H15FN2O3. The largest absolute Gasteiger partial charge is 0.478 e. The molecule has 0 amide bonds. The first-order valence-electron chi connectivity index (χ1n) is 6.85. The number of carboxylic acid groups (broad SMARTS) is 1. The van der Waals surface area contributed by atoms with Gasteiger partial charge in [-0.05, 0) is 25.3 Å².